The molecule has 0 aromatic heterocycles. The summed E-state index contributed by atoms with van der Waals surface area (Å²) in [7, 11) is 0. The number of ether oxygens (including phenoxy) is 4. The van der Waals surface area contributed by atoms with Gasteiger partial charge in [-0.05, 0) is 0 Å². The lowest BCUT2D eigenvalue weighted by Crippen LogP contribution is -2.46. The molecule has 0 unspecified atom stereocenters. The average Bonchev–Trinajstić information content (AvgIpc) is 2.36. The van der Waals surface area contributed by atoms with Gasteiger partial charge in [0.05, 0.1) is 0 Å². The number of alkyl halides is 8. The topological polar surface area (TPSA) is 36.9 Å². The normalized spacial score (nSPS) is 13.1. The van der Waals surface area contributed by atoms with Gasteiger partial charge in [0.15, 0.2) is 0 Å². The summed E-state index contributed by atoms with van der Waals surface area (Å²) >= 11 is 0. The smallest absolute Gasteiger partial charge is 0.297 e. The highest BCUT2D eigenvalue weighted by Gasteiger charge is 2.39. The first-order valence-corrected chi connectivity index (χ1v) is 5.35. The second-order valence-corrected chi connectivity index (χ2v) is 3.31. The summed E-state index contributed by atoms with van der Waals surface area (Å²) in [6.45, 7) is -6.13. The van der Waals surface area contributed by atoms with Crippen molar-refractivity contribution < 1.29 is 54.1 Å². The molecule has 4 nitrogen and oxygen atoms in total. The van der Waals surface area contributed by atoms with Crippen LogP contribution in [0.5, 0.6) is 0 Å². The molecule has 0 atom stereocenters. The molecule has 0 amide bonds. The highest BCUT2D eigenvalue weighted by molar-refractivity contribution is 4.50. The van der Waals surface area contributed by atoms with E-state index in [2.05, 4.69) is 18.9 Å². The molecule has 0 spiro atoms. The predicted octanol–water partition coefficient (Wildman–Crippen LogP) is 2.72. The molecular weight excluding hydrogens is 324 g/mol. The zero-order valence-electron chi connectivity index (χ0n) is 10.3. The highest BCUT2D eigenvalue weighted by Crippen LogP contribution is 2.22. The lowest BCUT2D eigenvalue weighted by molar-refractivity contribution is -0.509. The molecule has 0 rings (SSSR count). The van der Waals surface area contributed by atoms with Crippen molar-refractivity contribution in [3.05, 3.63) is 0 Å². The largest absolute Gasteiger partial charge is 0.413 e. The van der Waals surface area contributed by atoms with E-state index in [1.165, 1.54) is 0 Å². The molecule has 0 radical (unpaired) electrons. The molecule has 0 fully saturated rings. The maximum atomic E-state index is 12.0. The molecule has 0 saturated carbocycles. The van der Waals surface area contributed by atoms with E-state index < -0.39 is 58.3 Å². The Morgan fingerprint density at radius 2 is 0.667 bits per heavy atom. The van der Waals surface area contributed by atoms with Gasteiger partial charge in [0.1, 0.15) is 26.4 Å². The number of hydrogen-bond acceptors (Lipinski definition) is 4. The van der Waals surface area contributed by atoms with Gasteiger partial charge in [-0.1, -0.05) is 0 Å². The van der Waals surface area contributed by atoms with Crippen molar-refractivity contribution in [3.8, 4) is 0 Å². The minimum atomic E-state index is -3.29. The van der Waals surface area contributed by atoms with Gasteiger partial charge in [-0.3, -0.25) is 18.9 Å². The Morgan fingerprint density at radius 3 is 0.810 bits per heavy atom. The van der Waals surface area contributed by atoms with Crippen LogP contribution in [-0.4, -0.2) is 58.3 Å². The Hall–Kier alpha value is -0.720. The average molecular weight is 336 g/mol. The molecule has 0 aliphatic heterocycles. The Morgan fingerprint density at radius 1 is 0.476 bits per heavy atom. The first-order valence-electron chi connectivity index (χ1n) is 5.35. The summed E-state index contributed by atoms with van der Waals surface area (Å²) in [5.41, 5.74) is 0. The van der Waals surface area contributed by atoms with E-state index in [9.17, 15) is 35.1 Å². The number of hydrogen-bond donors (Lipinski definition) is 0. The van der Waals surface area contributed by atoms with Gasteiger partial charge < -0.3 is 0 Å². The SMILES string of the molecule is FC(F)COC(OCC(F)F)(OCC(F)F)OCC(F)F. The minimum absolute atomic E-state index is 1.53. The van der Waals surface area contributed by atoms with Crippen molar-refractivity contribution >= 4 is 0 Å². The summed E-state index contributed by atoms with van der Waals surface area (Å²) in [6.07, 6.45) is -16.0. The molecule has 0 aliphatic rings. The highest BCUT2D eigenvalue weighted by atomic mass is 19.3. The van der Waals surface area contributed by atoms with Gasteiger partial charge in [0.25, 0.3) is 25.7 Å². The summed E-state index contributed by atoms with van der Waals surface area (Å²) in [4.78, 5) is 0. The molecule has 0 heterocycles. The fourth-order valence-electron chi connectivity index (χ4n) is 0.910. The van der Waals surface area contributed by atoms with Crippen molar-refractivity contribution in [2.24, 2.45) is 0 Å². The molecule has 128 valence electrons. The number of rotatable bonds is 12. The van der Waals surface area contributed by atoms with Crippen molar-refractivity contribution in [1.82, 2.24) is 0 Å². The molecule has 12 heteroatoms. The lowest BCUT2D eigenvalue weighted by atomic mass is 10.7. The zero-order valence-corrected chi connectivity index (χ0v) is 10.3. The molecule has 0 aromatic carbocycles. The van der Waals surface area contributed by atoms with Gasteiger partial charge in [0.2, 0.25) is 0 Å². The van der Waals surface area contributed by atoms with E-state index in [1.807, 2.05) is 0 Å². The standard InChI is InChI=1S/C9H12F8O4/c10-5(11)1-18-9(19-2-6(12)13,20-3-7(14)15)21-4-8(16)17/h5-8H,1-4H2. The Kier molecular flexibility index (Phi) is 9.74. The molecular formula is C9H12F8O4. The molecule has 0 aromatic rings. The third kappa shape index (κ3) is 10.6. The van der Waals surface area contributed by atoms with E-state index in [4.69, 9.17) is 0 Å². The molecule has 0 saturated heterocycles. The van der Waals surface area contributed by atoms with Crippen LogP contribution in [-0.2, 0) is 18.9 Å². The van der Waals surface area contributed by atoms with E-state index in [0.29, 0.717) is 0 Å². The van der Waals surface area contributed by atoms with Crippen LogP contribution < -0.4 is 0 Å². The first kappa shape index (κ1) is 20.3. The van der Waals surface area contributed by atoms with Crippen LogP contribution >= 0.6 is 0 Å². The van der Waals surface area contributed by atoms with Crippen LogP contribution in [0.15, 0.2) is 0 Å². The van der Waals surface area contributed by atoms with Crippen LogP contribution in [0, 0.1) is 0 Å². The molecule has 21 heavy (non-hydrogen) atoms. The van der Waals surface area contributed by atoms with E-state index >= 15 is 0 Å². The molecule has 0 aliphatic carbocycles. The molecule has 0 bridgehead atoms. The fourth-order valence-corrected chi connectivity index (χ4v) is 0.910. The Labute approximate surface area is 113 Å². The fraction of sp³-hybridized carbons (Fsp3) is 1.00. The zero-order chi connectivity index (χ0) is 16.5. The van der Waals surface area contributed by atoms with Gasteiger partial charge >= 0.3 is 6.16 Å². The van der Waals surface area contributed by atoms with Gasteiger partial charge in [0, 0.05) is 0 Å². The predicted molar refractivity (Wildman–Crippen MR) is 50.6 cm³/mol. The second kappa shape index (κ2) is 10.1. The van der Waals surface area contributed by atoms with Crippen LogP contribution in [0.25, 0.3) is 0 Å². The van der Waals surface area contributed by atoms with Crippen LogP contribution in [0.1, 0.15) is 0 Å². The monoisotopic (exact) mass is 336 g/mol. The summed E-state index contributed by atoms with van der Waals surface area (Å²) < 4.78 is 113. The van der Waals surface area contributed by atoms with E-state index in [0.717, 1.165) is 0 Å². The van der Waals surface area contributed by atoms with Gasteiger partial charge in [-0.15, -0.1) is 0 Å². The van der Waals surface area contributed by atoms with Crippen LogP contribution in [0.2, 0.25) is 0 Å². The van der Waals surface area contributed by atoms with E-state index in [1.54, 1.807) is 0 Å². The maximum absolute atomic E-state index is 12.0. The molecule has 0 N–H and O–H groups in total. The minimum Gasteiger partial charge on any atom is -0.297 e. The maximum Gasteiger partial charge on any atom is 0.413 e. The van der Waals surface area contributed by atoms with Crippen molar-refractivity contribution in [2.45, 2.75) is 31.9 Å². The second-order valence-electron chi connectivity index (χ2n) is 3.31. The van der Waals surface area contributed by atoms with Crippen LogP contribution in [0.3, 0.4) is 0 Å². The number of halogens is 8. The summed E-state index contributed by atoms with van der Waals surface area (Å²) in [5, 5.41) is 0. The first-order chi connectivity index (χ1) is 9.67. The third-order valence-electron chi connectivity index (χ3n) is 1.54. The van der Waals surface area contributed by atoms with Crippen molar-refractivity contribution in [2.75, 3.05) is 26.4 Å². The third-order valence-corrected chi connectivity index (χ3v) is 1.54. The van der Waals surface area contributed by atoms with Crippen molar-refractivity contribution in [3.63, 3.8) is 0 Å². The lowest BCUT2D eigenvalue weighted by Gasteiger charge is -2.31. The Balaban J connectivity index is 4.85. The van der Waals surface area contributed by atoms with Gasteiger partial charge in [-0.25, -0.2) is 35.1 Å². The van der Waals surface area contributed by atoms with Gasteiger partial charge in [-0.2, -0.15) is 0 Å². The summed E-state index contributed by atoms with van der Waals surface area (Å²) in [5.74, 6) is 0. The van der Waals surface area contributed by atoms with E-state index in [-0.39, 0.29) is 0 Å². The summed E-state index contributed by atoms with van der Waals surface area (Å²) in [6, 6.07) is 0. The van der Waals surface area contributed by atoms with Crippen molar-refractivity contribution in [1.29, 1.82) is 0 Å². The quantitative estimate of drug-likeness (QED) is 0.406. The van der Waals surface area contributed by atoms with Crippen LogP contribution in [0.4, 0.5) is 35.1 Å². The Bertz CT molecular complexity index is 213.